The van der Waals surface area contributed by atoms with Crippen LogP contribution in [0.1, 0.15) is 5.56 Å². The summed E-state index contributed by atoms with van der Waals surface area (Å²) in [5, 5.41) is 9.38. The van der Waals surface area contributed by atoms with Gasteiger partial charge in [0.2, 0.25) is 0 Å². The molecule has 0 aliphatic rings. The lowest BCUT2D eigenvalue weighted by atomic mass is 10.1. The minimum atomic E-state index is -0.910. The van der Waals surface area contributed by atoms with Gasteiger partial charge in [0.05, 0.1) is 6.42 Å². The molecule has 0 bridgehead atoms. The average molecular weight is 204 g/mol. The Morgan fingerprint density at radius 3 is 2.73 bits per heavy atom. The maximum atomic E-state index is 10.9. The van der Waals surface area contributed by atoms with Crippen LogP contribution in [0.15, 0.2) is 39.5 Å². The van der Waals surface area contributed by atoms with Crippen molar-refractivity contribution in [1.82, 2.24) is 0 Å². The first-order valence-electron chi connectivity index (χ1n) is 4.40. The minimum Gasteiger partial charge on any atom is -0.481 e. The SMILES string of the molecule is O=C(O)Cc1ccc2ccc(=O)oc2c1. The van der Waals surface area contributed by atoms with Crippen LogP contribution >= 0.6 is 0 Å². The lowest BCUT2D eigenvalue weighted by Gasteiger charge is -1.99. The fourth-order valence-corrected chi connectivity index (χ4v) is 1.39. The van der Waals surface area contributed by atoms with E-state index in [0.29, 0.717) is 11.1 Å². The summed E-state index contributed by atoms with van der Waals surface area (Å²) in [6.45, 7) is 0. The van der Waals surface area contributed by atoms with Crippen LogP contribution in [0.2, 0.25) is 0 Å². The van der Waals surface area contributed by atoms with E-state index >= 15 is 0 Å². The van der Waals surface area contributed by atoms with Gasteiger partial charge in [-0.05, 0) is 17.7 Å². The first kappa shape index (κ1) is 9.45. The molecule has 4 heteroatoms. The first-order chi connectivity index (χ1) is 7.15. The normalized spacial score (nSPS) is 10.4. The average Bonchev–Trinajstić information content (AvgIpc) is 2.16. The Balaban J connectivity index is 2.54. The molecule has 0 radical (unpaired) electrons. The highest BCUT2D eigenvalue weighted by atomic mass is 16.4. The summed E-state index contributed by atoms with van der Waals surface area (Å²) < 4.78 is 4.94. The van der Waals surface area contributed by atoms with Crippen molar-refractivity contribution < 1.29 is 14.3 Å². The van der Waals surface area contributed by atoms with Crippen LogP contribution < -0.4 is 5.63 Å². The quantitative estimate of drug-likeness (QED) is 0.751. The topological polar surface area (TPSA) is 67.5 Å². The summed E-state index contributed by atoms with van der Waals surface area (Å²) in [5.41, 5.74) is 0.598. The number of carboxylic acids is 1. The highest BCUT2D eigenvalue weighted by Gasteiger charge is 2.03. The fraction of sp³-hybridized carbons (Fsp3) is 0.0909. The molecule has 15 heavy (non-hydrogen) atoms. The standard InChI is InChI=1S/C11H8O4/c12-10(13)6-7-1-2-8-3-4-11(14)15-9(8)5-7/h1-5H,6H2,(H,12,13). The summed E-state index contributed by atoms with van der Waals surface area (Å²) in [5.74, 6) is -0.910. The van der Waals surface area contributed by atoms with Crippen molar-refractivity contribution >= 4 is 16.9 Å². The van der Waals surface area contributed by atoms with E-state index in [4.69, 9.17) is 9.52 Å². The Morgan fingerprint density at radius 1 is 1.27 bits per heavy atom. The number of benzene rings is 1. The Bertz CT molecular complexity index is 568. The molecule has 0 unspecified atom stereocenters. The largest absolute Gasteiger partial charge is 0.481 e. The highest BCUT2D eigenvalue weighted by Crippen LogP contribution is 2.14. The van der Waals surface area contributed by atoms with E-state index in [-0.39, 0.29) is 6.42 Å². The van der Waals surface area contributed by atoms with Crippen LogP contribution in [0.4, 0.5) is 0 Å². The lowest BCUT2D eigenvalue weighted by molar-refractivity contribution is -0.136. The number of carboxylic acid groups (broad SMARTS) is 1. The zero-order valence-electron chi connectivity index (χ0n) is 7.77. The van der Waals surface area contributed by atoms with E-state index < -0.39 is 11.6 Å². The van der Waals surface area contributed by atoms with Gasteiger partial charge in [0.15, 0.2) is 0 Å². The molecule has 0 saturated heterocycles. The van der Waals surface area contributed by atoms with Gasteiger partial charge in [0.1, 0.15) is 5.58 Å². The van der Waals surface area contributed by atoms with Gasteiger partial charge in [-0.2, -0.15) is 0 Å². The predicted octanol–water partition coefficient (Wildman–Crippen LogP) is 1.42. The second-order valence-corrected chi connectivity index (χ2v) is 3.20. The monoisotopic (exact) mass is 204 g/mol. The second kappa shape index (κ2) is 3.57. The van der Waals surface area contributed by atoms with Crippen LogP contribution in [-0.2, 0) is 11.2 Å². The molecule has 1 N–H and O–H groups in total. The molecular formula is C11H8O4. The third-order valence-electron chi connectivity index (χ3n) is 2.04. The fourth-order valence-electron chi connectivity index (χ4n) is 1.39. The van der Waals surface area contributed by atoms with E-state index in [1.807, 2.05) is 0 Å². The summed E-state index contributed by atoms with van der Waals surface area (Å²) in [7, 11) is 0. The van der Waals surface area contributed by atoms with Crippen LogP contribution in [0.3, 0.4) is 0 Å². The van der Waals surface area contributed by atoms with E-state index in [0.717, 1.165) is 5.39 Å². The van der Waals surface area contributed by atoms with Crippen molar-refractivity contribution in [3.63, 3.8) is 0 Å². The zero-order valence-corrected chi connectivity index (χ0v) is 7.77. The Morgan fingerprint density at radius 2 is 2.00 bits per heavy atom. The third kappa shape index (κ3) is 2.04. The van der Waals surface area contributed by atoms with Crippen LogP contribution in [0.25, 0.3) is 11.0 Å². The van der Waals surface area contributed by atoms with Gasteiger partial charge in [-0.25, -0.2) is 4.79 Å². The molecule has 1 aromatic heterocycles. The molecule has 4 nitrogen and oxygen atoms in total. The van der Waals surface area contributed by atoms with Crippen molar-refractivity contribution in [2.45, 2.75) is 6.42 Å². The molecule has 2 rings (SSSR count). The first-order valence-corrected chi connectivity index (χ1v) is 4.40. The van der Waals surface area contributed by atoms with Gasteiger partial charge in [-0.1, -0.05) is 12.1 Å². The molecule has 2 aromatic rings. The molecule has 76 valence electrons. The van der Waals surface area contributed by atoms with E-state index in [9.17, 15) is 9.59 Å². The molecule has 0 fully saturated rings. The number of aliphatic carboxylic acids is 1. The van der Waals surface area contributed by atoms with Gasteiger partial charge >= 0.3 is 11.6 Å². The number of fused-ring (bicyclic) bond motifs is 1. The molecule has 0 saturated carbocycles. The smallest absolute Gasteiger partial charge is 0.336 e. The van der Waals surface area contributed by atoms with Crippen molar-refractivity contribution in [3.05, 3.63) is 46.3 Å². The summed E-state index contributed by atoms with van der Waals surface area (Å²) >= 11 is 0. The molecule has 0 spiro atoms. The Kier molecular flexibility index (Phi) is 2.25. The molecule has 0 aliphatic heterocycles. The van der Waals surface area contributed by atoms with Crippen LogP contribution in [0, 0.1) is 0 Å². The lowest BCUT2D eigenvalue weighted by Crippen LogP contribution is -2.00. The maximum Gasteiger partial charge on any atom is 0.336 e. The van der Waals surface area contributed by atoms with Gasteiger partial charge < -0.3 is 9.52 Å². The minimum absolute atomic E-state index is 0.0749. The highest BCUT2D eigenvalue weighted by molar-refractivity contribution is 5.79. The third-order valence-corrected chi connectivity index (χ3v) is 2.04. The van der Waals surface area contributed by atoms with E-state index in [1.54, 1.807) is 24.3 Å². The van der Waals surface area contributed by atoms with Gasteiger partial charge in [0.25, 0.3) is 0 Å². The van der Waals surface area contributed by atoms with E-state index in [2.05, 4.69) is 0 Å². The molecule has 1 heterocycles. The molecule has 0 atom stereocenters. The second-order valence-electron chi connectivity index (χ2n) is 3.20. The number of hydrogen-bond donors (Lipinski definition) is 1. The Hall–Kier alpha value is -2.10. The van der Waals surface area contributed by atoms with Gasteiger partial charge in [0, 0.05) is 11.5 Å². The summed E-state index contributed by atoms with van der Waals surface area (Å²) in [6, 6.07) is 7.99. The van der Waals surface area contributed by atoms with E-state index in [1.165, 1.54) is 6.07 Å². The van der Waals surface area contributed by atoms with Crippen LogP contribution in [0.5, 0.6) is 0 Å². The van der Waals surface area contributed by atoms with Crippen molar-refractivity contribution in [1.29, 1.82) is 0 Å². The molecule has 0 aliphatic carbocycles. The van der Waals surface area contributed by atoms with Gasteiger partial charge in [-0.15, -0.1) is 0 Å². The van der Waals surface area contributed by atoms with Crippen molar-refractivity contribution in [2.24, 2.45) is 0 Å². The maximum absolute atomic E-state index is 10.9. The number of hydrogen-bond acceptors (Lipinski definition) is 3. The molecule has 0 amide bonds. The number of rotatable bonds is 2. The van der Waals surface area contributed by atoms with Gasteiger partial charge in [-0.3, -0.25) is 4.79 Å². The summed E-state index contributed by atoms with van der Waals surface area (Å²) in [4.78, 5) is 21.4. The number of carbonyl (C=O) groups is 1. The molecular weight excluding hydrogens is 196 g/mol. The summed E-state index contributed by atoms with van der Waals surface area (Å²) in [6.07, 6.45) is -0.0749. The van der Waals surface area contributed by atoms with Crippen molar-refractivity contribution in [2.75, 3.05) is 0 Å². The zero-order chi connectivity index (χ0) is 10.8. The Labute approximate surface area is 84.8 Å². The van der Waals surface area contributed by atoms with Crippen LogP contribution in [-0.4, -0.2) is 11.1 Å². The predicted molar refractivity (Wildman–Crippen MR) is 53.8 cm³/mol. The van der Waals surface area contributed by atoms with Crippen molar-refractivity contribution in [3.8, 4) is 0 Å². The molecule has 1 aromatic carbocycles.